The number of nitrogens with two attached hydrogens (primary N) is 1. The normalized spacial score (nSPS) is 27.7. The van der Waals surface area contributed by atoms with Gasteiger partial charge in [-0.1, -0.05) is 24.3 Å². The van der Waals surface area contributed by atoms with E-state index in [1.54, 1.807) is 0 Å². The van der Waals surface area contributed by atoms with Crippen LogP contribution in [0.25, 0.3) is 0 Å². The van der Waals surface area contributed by atoms with Gasteiger partial charge in [0.2, 0.25) is 0 Å². The monoisotopic (exact) mass is 273 g/mol. The molecule has 2 atom stereocenters. The van der Waals surface area contributed by atoms with Crippen molar-refractivity contribution in [2.75, 3.05) is 26.2 Å². The number of hydrogen-bond donors (Lipinski definition) is 1. The second kappa shape index (κ2) is 6.25. The van der Waals surface area contributed by atoms with Gasteiger partial charge in [0.05, 0.1) is 0 Å². The van der Waals surface area contributed by atoms with Gasteiger partial charge < -0.3 is 5.73 Å². The molecule has 1 aromatic carbocycles. The second-order valence-corrected chi connectivity index (χ2v) is 6.38. The Morgan fingerprint density at radius 3 is 2.80 bits per heavy atom. The standard InChI is InChI=1S/C17H27N3/c1-14-11-19-10-4-7-17(19)13-20(14)12-16-6-3-2-5-15(16)8-9-18/h2-3,5-6,14,17H,4,7-13,18H2,1H3. The van der Waals surface area contributed by atoms with Crippen molar-refractivity contribution in [2.24, 2.45) is 5.73 Å². The minimum atomic E-state index is 0.662. The fourth-order valence-corrected chi connectivity index (χ4v) is 3.80. The van der Waals surface area contributed by atoms with Crippen LogP contribution >= 0.6 is 0 Å². The highest BCUT2D eigenvalue weighted by Gasteiger charge is 2.34. The predicted molar refractivity (Wildman–Crippen MR) is 83.7 cm³/mol. The molecule has 3 nitrogen and oxygen atoms in total. The molecule has 3 rings (SSSR count). The van der Waals surface area contributed by atoms with Crippen LogP contribution in [0.2, 0.25) is 0 Å². The molecule has 0 amide bonds. The molecule has 0 aliphatic carbocycles. The molecular formula is C17H27N3. The third-order valence-corrected chi connectivity index (χ3v) is 4.97. The summed E-state index contributed by atoms with van der Waals surface area (Å²) >= 11 is 0. The summed E-state index contributed by atoms with van der Waals surface area (Å²) in [5.41, 5.74) is 8.64. The minimum absolute atomic E-state index is 0.662. The Morgan fingerprint density at radius 1 is 1.20 bits per heavy atom. The Balaban J connectivity index is 1.70. The van der Waals surface area contributed by atoms with Crippen LogP contribution in [0, 0.1) is 0 Å². The van der Waals surface area contributed by atoms with Crippen LogP contribution in [0.15, 0.2) is 24.3 Å². The lowest BCUT2D eigenvalue weighted by molar-refractivity contribution is 0.0539. The zero-order chi connectivity index (χ0) is 13.9. The van der Waals surface area contributed by atoms with Gasteiger partial charge in [0.25, 0.3) is 0 Å². The summed E-state index contributed by atoms with van der Waals surface area (Å²) in [5, 5.41) is 0. The summed E-state index contributed by atoms with van der Waals surface area (Å²) in [6.07, 6.45) is 3.76. The molecule has 0 aromatic heterocycles. The number of fused-ring (bicyclic) bond motifs is 1. The van der Waals surface area contributed by atoms with Gasteiger partial charge in [0.1, 0.15) is 0 Å². The van der Waals surface area contributed by atoms with E-state index >= 15 is 0 Å². The van der Waals surface area contributed by atoms with Crippen LogP contribution in [0.3, 0.4) is 0 Å². The molecule has 0 bridgehead atoms. The van der Waals surface area contributed by atoms with Crippen molar-refractivity contribution in [1.82, 2.24) is 9.80 Å². The average Bonchev–Trinajstić information content (AvgIpc) is 2.88. The largest absolute Gasteiger partial charge is 0.330 e. The van der Waals surface area contributed by atoms with Gasteiger partial charge in [-0.3, -0.25) is 9.80 Å². The van der Waals surface area contributed by atoms with Crippen molar-refractivity contribution in [3.05, 3.63) is 35.4 Å². The summed E-state index contributed by atoms with van der Waals surface area (Å²) in [6, 6.07) is 10.3. The molecule has 2 aliphatic heterocycles. The first-order valence-electron chi connectivity index (χ1n) is 8.03. The van der Waals surface area contributed by atoms with Crippen LogP contribution in [-0.4, -0.2) is 48.1 Å². The van der Waals surface area contributed by atoms with Gasteiger partial charge in [0, 0.05) is 31.7 Å². The second-order valence-electron chi connectivity index (χ2n) is 6.38. The number of nitrogens with zero attached hydrogens (tertiary/aromatic N) is 2. The molecule has 2 heterocycles. The molecule has 2 unspecified atom stereocenters. The quantitative estimate of drug-likeness (QED) is 0.909. The third-order valence-electron chi connectivity index (χ3n) is 4.97. The molecule has 20 heavy (non-hydrogen) atoms. The zero-order valence-electron chi connectivity index (χ0n) is 12.6. The molecule has 0 radical (unpaired) electrons. The van der Waals surface area contributed by atoms with E-state index in [0.29, 0.717) is 6.04 Å². The van der Waals surface area contributed by atoms with E-state index in [4.69, 9.17) is 5.73 Å². The fourth-order valence-electron chi connectivity index (χ4n) is 3.80. The predicted octanol–water partition coefficient (Wildman–Crippen LogP) is 1.86. The zero-order valence-corrected chi connectivity index (χ0v) is 12.6. The summed E-state index contributed by atoms with van der Waals surface area (Å²) in [6.45, 7) is 7.99. The summed E-state index contributed by atoms with van der Waals surface area (Å²) in [4.78, 5) is 5.36. The SMILES string of the molecule is CC1CN2CCCC2CN1Cc1ccccc1CCN. The van der Waals surface area contributed by atoms with Crippen LogP contribution in [0.1, 0.15) is 30.9 Å². The maximum atomic E-state index is 5.74. The van der Waals surface area contributed by atoms with E-state index in [-0.39, 0.29) is 0 Å². The molecule has 110 valence electrons. The molecule has 2 saturated heterocycles. The molecule has 1 aromatic rings. The maximum Gasteiger partial charge on any atom is 0.0240 e. The van der Waals surface area contributed by atoms with E-state index in [0.717, 1.165) is 25.6 Å². The van der Waals surface area contributed by atoms with Crippen molar-refractivity contribution in [2.45, 2.75) is 44.8 Å². The Bertz CT molecular complexity index is 446. The average molecular weight is 273 g/mol. The summed E-state index contributed by atoms with van der Waals surface area (Å²) in [7, 11) is 0. The molecule has 2 fully saturated rings. The number of piperazine rings is 1. The molecule has 2 N–H and O–H groups in total. The lowest BCUT2D eigenvalue weighted by atomic mass is 10.0. The third kappa shape index (κ3) is 2.90. The number of hydrogen-bond acceptors (Lipinski definition) is 3. The molecule has 2 aliphatic rings. The van der Waals surface area contributed by atoms with E-state index < -0.39 is 0 Å². The highest BCUT2D eigenvalue weighted by molar-refractivity contribution is 5.27. The van der Waals surface area contributed by atoms with Gasteiger partial charge >= 0.3 is 0 Å². The molecule has 3 heteroatoms. The van der Waals surface area contributed by atoms with Crippen molar-refractivity contribution in [3.63, 3.8) is 0 Å². The Hall–Kier alpha value is -0.900. The minimum Gasteiger partial charge on any atom is -0.330 e. The lowest BCUT2D eigenvalue weighted by Crippen LogP contribution is -2.54. The van der Waals surface area contributed by atoms with E-state index in [9.17, 15) is 0 Å². The van der Waals surface area contributed by atoms with E-state index in [1.165, 1.54) is 43.6 Å². The van der Waals surface area contributed by atoms with Gasteiger partial charge in [-0.25, -0.2) is 0 Å². The van der Waals surface area contributed by atoms with Crippen LogP contribution < -0.4 is 5.73 Å². The van der Waals surface area contributed by atoms with Gasteiger partial charge in [0.15, 0.2) is 0 Å². The Kier molecular flexibility index (Phi) is 4.39. The fraction of sp³-hybridized carbons (Fsp3) is 0.647. The first kappa shape index (κ1) is 14.1. The van der Waals surface area contributed by atoms with Crippen molar-refractivity contribution < 1.29 is 0 Å². The highest BCUT2D eigenvalue weighted by Crippen LogP contribution is 2.26. The topological polar surface area (TPSA) is 32.5 Å². The lowest BCUT2D eigenvalue weighted by Gasteiger charge is -2.42. The molecule has 0 saturated carbocycles. The van der Waals surface area contributed by atoms with Gasteiger partial charge in [-0.15, -0.1) is 0 Å². The van der Waals surface area contributed by atoms with E-state index in [1.807, 2.05) is 0 Å². The van der Waals surface area contributed by atoms with Crippen molar-refractivity contribution in [1.29, 1.82) is 0 Å². The number of rotatable bonds is 4. The van der Waals surface area contributed by atoms with Crippen LogP contribution in [0.5, 0.6) is 0 Å². The Labute approximate surface area is 122 Å². The Morgan fingerprint density at radius 2 is 2.00 bits per heavy atom. The van der Waals surface area contributed by atoms with Crippen LogP contribution in [0.4, 0.5) is 0 Å². The van der Waals surface area contributed by atoms with Crippen LogP contribution in [-0.2, 0) is 13.0 Å². The maximum absolute atomic E-state index is 5.74. The molecule has 0 spiro atoms. The summed E-state index contributed by atoms with van der Waals surface area (Å²) < 4.78 is 0. The summed E-state index contributed by atoms with van der Waals surface area (Å²) in [5.74, 6) is 0. The van der Waals surface area contributed by atoms with Gasteiger partial charge in [-0.05, 0) is 50.4 Å². The highest BCUT2D eigenvalue weighted by atomic mass is 15.3. The molecular weight excluding hydrogens is 246 g/mol. The van der Waals surface area contributed by atoms with Gasteiger partial charge in [-0.2, -0.15) is 0 Å². The van der Waals surface area contributed by atoms with E-state index in [2.05, 4.69) is 41.0 Å². The number of benzene rings is 1. The smallest absolute Gasteiger partial charge is 0.0240 e. The first-order valence-corrected chi connectivity index (χ1v) is 8.03. The van der Waals surface area contributed by atoms with Crippen molar-refractivity contribution >= 4 is 0 Å². The first-order chi connectivity index (χ1) is 9.78. The van der Waals surface area contributed by atoms with Crippen molar-refractivity contribution in [3.8, 4) is 0 Å².